The van der Waals surface area contributed by atoms with E-state index in [1.807, 2.05) is 0 Å². The number of rotatable bonds is 1. The molecule has 0 aliphatic rings. The fourth-order valence-electron chi connectivity index (χ4n) is 1.49. The maximum absolute atomic E-state index is 12.5. The number of halogens is 6. The molecular weight excluding hydrogens is 309 g/mol. The molecule has 1 heterocycles. The van der Waals surface area contributed by atoms with Crippen molar-refractivity contribution in [2.75, 3.05) is 0 Å². The highest BCUT2D eigenvalue weighted by Crippen LogP contribution is 2.37. The van der Waals surface area contributed by atoms with Crippen molar-refractivity contribution in [3.05, 3.63) is 51.2 Å². The molecule has 0 fully saturated rings. The van der Waals surface area contributed by atoms with E-state index in [2.05, 4.69) is 0 Å². The lowest BCUT2D eigenvalue weighted by molar-refractivity contribution is -0.137. The van der Waals surface area contributed by atoms with Crippen LogP contribution in [0.5, 0.6) is 0 Å². The lowest BCUT2D eigenvalue weighted by Crippen LogP contribution is -2.06. The van der Waals surface area contributed by atoms with Crippen molar-refractivity contribution >= 4 is 34.8 Å². The maximum atomic E-state index is 12.5. The van der Waals surface area contributed by atoms with E-state index in [0.29, 0.717) is 5.02 Å². The summed E-state index contributed by atoms with van der Waals surface area (Å²) in [5.41, 5.74) is -0.627. The van der Waals surface area contributed by atoms with Crippen LogP contribution < -0.4 is 0 Å². The van der Waals surface area contributed by atoms with Gasteiger partial charge in [-0.2, -0.15) is 13.2 Å². The highest BCUT2D eigenvalue weighted by molar-refractivity contribution is 6.38. The number of nitrogens with zero attached hydrogens (tertiary/aromatic N) is 1. The van der Waals surface area contributed by atoms with E-state index in [4.69, 9.17) is 34.8 Å². The molecule has 0 amide bonds. The third-order valence-corrected chi connectivity index (χ3v) is 3.06. The Labute approximate surface area is 116 Å². The van der Waals surface area contributed by atoms with E-state index in [1.165, 1.54) is 10.8 Å². The lowest BCUT2D eigenvalue weighted by atomic mass is 10.2. The lowest BCUT2D eigenvalue weighted by Gasteiger charge is -2.12. The Morgan fingerprint density at radius 2 is 1.56 bits per heavy atom. The molecule has 18 heavy (non-hydrogen) atoms. The molecule has 2 rings (SSSR count). The molecule has 1 nitrogen and oxygen atoms in total. The number of hydrogen-bond acceptors (Lipinski definition) is 0. The Morgan fingerprint density at radius 1 is 1.00 bits per heavy atom. The molecule has 1 aromatic carbocycles. The first-order chi connectivity index (χ1) is 8.29. The van der Waals surface area contributed by atoms with Gasteiger partial charge in [0.2, 0.25) is 0 Å². The van der Waals surface area contributed by atoms with Gasteiger partial charge < -0.3 is 4.57 Å². The molecule has 7 heteroatoms. The van der Waals surface area contributed by atoms with Crippen molar-refractivity contribution in [1.29, 1.82) is 0 Å². The predicted octanol–water partition coefficient (Wildman–Crippen LogP) is 5.46. The number of benzene rings is 1. The second-order valence-electron chi connectivity index (χ2n) is 3.52. The SMILES string of the molecule is FC(F)(F)c1cc(Cl)c(-n2ccc(Cl)c2)c(Cl)c1. The smallest absolute Gasteiger partial charge is 0.320 e. The van der Waals surface area contributed by atoms with Gasteiger partial charge in [-0.3, -0.25) is 0 Å². The van der Waals surface area contributed by atoms with Crippen LogP contribution in [0.4, 0.5) is 13.2 Å². The van der Waals surface area contributed by atoms with Gasteiger partial charge >= 0.3 is 6.18 Å². The van der Waals surface area contributed by atoms with E-state index in [9.17, 15) is 13.2 Å². The van der Waals surface area contributed by atoms with Gasteiger partial charge in [0, 0.05) is 12.4 Å². The molecule has 0 atom stereocenters. The molecule has 0 N–H and O–H groups in total. The van der Waals surface area contributed by atoms with Crippen LogP contribution in [0.1, 0.15) is 5.56 Å². The molecule has 0 saturated heterocycles. The first kappa shape index (κ1) is 13.6. The Kier molecular flexibility index (Phi) is 3.54. The summed E-state index contributed by atoms with van der Waals surface area (Å²) in [5.74, 6) is 0. The molecule has 0 radical (unpaired) electrons. The van der Waals surface area contributed by atoms with Gasteiger partial charge in [0.05, 0.1) is 26.3 Å². The van der Waals surface area contributed by atoms with Crippen molar-refractivity contribution in [3.63, 3.8) is 0 Å². The zero-order valence-corrected chi connectivity index (χ0v) is 10.9. The predicted molar refractivity (Wildman–Crippen MR) is 65.8 cm³/mol. The van der Waals surface area contributed by atoms with Crippen LogP contribution in [0.25, 0.3) is 5.69 Å². The fraction of sp³-hybridized carbons (Fsp3) is 0.0909. The second kappa shape index (κ2) is 4.68. The average molecular weight is 315 g/mol. The van der Waals surface area contributed by atoms with Crippen molar-refractivity contribution in [3.8, 4) is 5.69 Å². The molecule has 0 bridgehead atoms. The number of hydrogen-bond donors (Lipinski definition) is 0. The molecule has 96 valence electrons. The number of alkyl halides is 3. The summed E-state index contributed by atoms with van der Waals surface area (Å²) in [6.45, 7) is 0. The van der Waals surface area contributed by atoms with Crippen molar-refractivity contribution < 1.29 is 13.2 Å². The molecule has 0 aliphatic heterocycles. The summed E-state index contributed by atoms with van der Waals surface area (Å²) in [6, 6.07) is 3.24. The van der Waals surface area contributed by atoms with E-state index in [0.717, 1.165) is 12.1 Å². The van der Waals surface area contributed by atoms with Crippen LogP contribution in [-0.2, 0) is 6.18 Å². The van der Waals surface area contributed by atoms with Gasteiger partial charge in [-0.15, -0.1) is 0 Å². The second-order valence-corrected chi connectivity index (χ2v) is 4.77. The van der Waals surface area contributed by atoms with Crippen molar-refractivity contribution in [1.82, 2.24) is 4.57 Å². The van der Waals surface area contributed by atoms with Gasteiger partial charge in [-0.25, -0.2) is 0 Å². The molecule has 1 aromatic heterocycles. The minimum atomic E-state index is -4.49. The Balaban J connectivity index is 2.58. The molecule has 0 spiro atoms. The summed E-state index contributed by atoms with van der Waals surface area (Å²) in [4.78, 5) is 0. The van der Waals surface area contributed by atoms with Crippen molar-refractivity contribution in [2.45, 2.75) is 6.18 Å². The summed E-state index contributed by atoms with van der Waals surface area (Å²) < 4.78 is 39.1. The zero-order chi connectivity index (χ0) is 13.5. The van der Waals surface area contributed by atoms with E-state index >= 15 is 0 Å². The van der Waals surface area contributed by atoms with Gasteiger partial charge in [0.15, 0.2) is 0 Å². The highest BCUT2D eigenvalue weighted by atomic mass is 35.5. The standard InChI is InChI=1S/C11H5Cl3F3N/c12-7-1-2-18(5-7)10-8(13)3-6(4-9(10)14)11(15,16)17/h1-5H. The van der Waals surface area contributed by atoms with E-state index in [1.54, 1.807) is 12.3 Å². The maximum Gasteiger partial charge on any atom is 0.416 e. The Morgan fingerprint density at radius 3 is 1.94 bits per heavy atom. The third-order valence-electron chi connectivity index (χ3n) is 2.26. The van der Waals surface area contributed by atoms with Gasteiger partial charge in [0.25, 0.3) is 0 Å². The zero-order valence-electron chi connectivity index (χ0n) is 8.60. The van der Waals surface area contributed by atoms with Crippen LogP contribution in [0.3, 0.4) is 0 Å². The van der Waals surface area contributed by atoms with Crippen LogP contribution in [0.15, 0.2) is 30.6 Å². The largest absolute Gasteiger partial charge is 0.416 e. The third kappa shape index (κ3) is 2.60. The van der Waals surface area contributed by atoms with Gasteiger partial charge in [-0.05, 0) is 18.2 Å². The van der Waals surface area contributed by atoms with E-state index in [-0.39, 0.29) is 15.7 Å². The topological polar surface area (TPSA) is 4.93 Å². The van der Waals surface area contributed by atoms with Crippen LogP contribution in [-0.4, -0.2) is 4.57 Å². The van der Waals surface area contributed by atoms with Crippen molar-refractivity contribution in [2.24, 2.45) is 0 Å². The van der Waals surface area contributed by atoms with Crippen LogP contribution in [0.2, 0.25) is 15.1 Å². The fourth-order valence-corrected chi connectivity index (χ4v) is 2.33. The number of aromatic nitrogens is 1. The minimum absolute atomic E-state index is 0.0953. The molecule has 2 aromatic rings. The first-order valence-electron chi connectivity index (χ1n) is 4.69. The minimum Gasteiger partial charge on any atom is -0.320 e. The van der Waals surface area contributed by atoms with Gasteiger partial charge in [0.1, 0.15) is 0 Å². The summed E-state index contributed by atoms with van der Waals surface area (Å²) in [5, 5.41) is 0.242. The molecule has 0 unspecified atom stereocenters. The molecular formula is C11H5Cl3F3N. The average Bonchev–Trinajstić information content (AvgIpc) is 2.62. The normalized spacial score (nSPS) is 11.9. The summed E-state index contributed by atoms with van der Waals surface area (Å²) in [7, 11) is 0. The monoisotopic (exact) mass is 313 g/mol. The first-order valence-corrected chi connectivity index (χ1v) is 5.82. The van der Waals surface area contributed by atoms with E-state index < -0.39 is 11.7 Å². The molecule has 0 saturated carbocycles. The Bertz CT molecular complexity index is 566. The quantitative estimate of drug-likeness (QED) is 0.659. The molecule has 0 aliphatic carbocycles. The Hall–Kier alpha value is -0.840. The van der Waals surface area contributed by atoms with Crippen LogP contribution >= 0.6 is 34.8 Å². The summed E-state index contributed by atoms with van der Waals surface area (Å²) >= 11 is 17.4. The highest BCUT2D eigenvalue weighted by Gasteiger charge is 2.32. The summed E-state index contributed by atoms with van der Waals surface area (Å²) in [6.07, 6.45) is -1.43. The van der Waals surface area contributed by atoms with Gasteiger partial charge in [-0.1, -0.05) is 34.8 Å². The van der Waals surface area contributed by atoms with Crippen LogP contribution in [0, 0.1) is 0 Å².